The van der Waals surface area contributed by atoms with Gasteiger partial charge in [-0.05, 0) is 52.6 Å². The Hall–Kier alpha value is -3.13. The van der Waals surface area contributed by atoms with Gasteiger partial charge in [0.2, 0.25) is 0 Å². The van der Waals surface area contributed by atoms with Crippen LogP contribution >= 0.6 is 0 Å². The SMILES string of the molecule is C1=CN=CC2=CC=CNC2=C1.C1=Cc2cccc3cccc(c23)C1. The van der Waals surface area contributed by atoms with E-state index in [0.717, 1.165) is 17.7 Å². The van der Waals surface area contributed by atoms with Gasteiger partial charge in [0, 0.05) is 29.9 Å². The number of fused-ring (bicyclic) bond motifs is 1. The van der Waals surface area contributed by atoms with Crippen LogP contribution in [0.5, 0.6) is 0 Å². The van der Waals surface area contributed by atoms with Crippen LogP contribution in [0.2, 0.25) is 0 Å². The molecule has 1 aliphatic carbocycles. The van der Waals surface area contributed by atoms with E-state index in [1.54, 1.807) is 6.20 Å². The second kappa shape index (κ2) is 6.55. The van der Waals surface area contributed by atoms with E-state index >= 15 is 0 Å². The van der Waals surface area contributed by atoms with Gasteiger partial charge >= 0.3 is 0 Å². The van der Waals surface area contributed by atoms with Crippen LogP contribution < -0.4 is 5.32 Å². The first-order valence-electron chi connectivity index (χ1n) is 8.13. The number of dihydropyridines is 1. The third kappa shape index (κ3) is 2.86. The molecule has 24 heavy (non-hydrogen) atoms. The predicted octanol–water partition coefficient (Wildman–Crippen LogP) is 4.92. The average molecular weight is 310 g/mol. The molecule has 0 spiro atoms. The molecule has 0 aromatic heterocycles. The Morgan fingerprint density at radius 3 is 2.83 bits per heavy atom. The van der Waals surface area contributed by atoms with Crippen LogP contribution in [0.25, 0.3) is 16.8 Å². The number of allylic oxidation sites excluding steroid dienone is 6. The van der Waals surface area contributed by atoms with Crippen LogP contribution in [0, 0.1) is 0 Å². The first kappa shape index (κ1) is 14.5. The van der Waals surface area contributed by atoms with Gasteiger partial charge in [-0.25, -0.2) is 0 Å². The van der Waals surface area contributed by atoms with Crippen molar-refractivity contribution in [1.29, 1.82) is 0 Å². The Balaban J connectivity index is 0.000000123. The number of aliphatic imine (C=N–C) groups is 1. The maximum Gasteiger partial charge on any atom is 0.0469 e. The van der Waals surface area contributed by atoms with Crippen LogP contribution in [0.15, 0.2) is 95.4 Å². The summed E-state index contributed by atoms with van der Waals surface area (Å²) >= 11 is 0. The fraction of sp³-hybridized carbons (Fsp3) is 0.0455. The Labute approximate surface area is 141 Å². The molecule has 0 saturated heterocycles. The number of hydrogen-bond donors (Lipinski definition) is 1. The minimum atomic E-state index is 1.08. The van der Waals surface area contributed by atoms with Crippen molar-refractivity contribution in [1.82, 2.24) is 5.32 Å². The monoisotopic (exact) mass is 310 g/mol. The van der Waals surface area contributed by atoms with Gasteiger partial charge in [-0.1, -0.05) is 48.6 Å². The molecule has 0 unspecified atom stereocenters. The minimum Gasteiger partial charge on any atom is -0.361 e. The Bertz CT molecular complexity index is 948. The van der Waals surface area contributed by atoms with E-state index in [2.05, 4.69) is 58.9 Å². The molecule has 116 valence electrons. The summed E-state index contributed by atoms with van der Waals surface area (Å²) < 4.78 is 0. The quantitative estimate of drug-likeness (QED) is 0.734. The fourth-order valence-electron chi connectivity index (χ4n) is 3.10. The molecule has 0 radical (unpaired) electrons. The number of nitrogens with zero attached hydrogens (tertiary/aromatic N) is 1. The molecule has 2 heteroatoms. The summed E-state index contributed by atoms with van der Waals surface area (Å²) in [5.41, 5.74) is 5.04. The predicted molar refractivity (Wildman–Crippen MR) is 103 cm³/mol. The van der Waals surface area contributed by atoms with Gasteiger partial charge in [-0.2, -0.15) is 0 Å². The lowest BCUT2D eigenvalue weighted by Crippen LogP contribution is -2.10. The minimum absolute atomic E-state index is 1.08. The third-order valence-electron chi connectivity index (χ3n) is 4.23. The molecular weight excluding hydrogens is 292 g/mol. The van der Waals surface area contributed by atoms with E-state index in [9.17, 15) is 0 Å². The van der Waals surface area contributed by atoms with E-state index in [1.165, 1.54) is 21.9 Å². The number of benzene rings is 2. The summed E-state index contributed by atoms with van der Waals surface area (Å²) in [7, 11) is 0. The summed E-state index contributed by atoms with van der Waals surface area (Å²) in [5, 5.41) is 5.93. The highest BCUT2D eigenvalue weighted by Gasteiger charge is 2.06. The van der Waals surface area contributed by atoms with Crippen molar-refractivity contribution in [2.75, 3.05) is 0 Å². The van der Waals surface area contributed by atoms with Crippen LogP contribution in [-0.4, -0.2) is 6.21 Å². The second-order valence-corrected chi connectivity index (χ2v) is 5.79. The lowest BCUT2D eigenvalue weighted by atomic mass is 9.93. The van der Waals surface area contributed by atoms with Crippen molar-refractivity contribution in [3.8, 4) is 0 Å². The van der Waals surface area contributed by atoms with E-state index in [0.29, 0.717) is 0 Å². The maximum atomic E-state index is 4.06. The zero-order valence-electron chi connectivity index (χ0n) is 13.3. The first-order chi connectivity index (χ1) is 11.9. The molecule has 2 aliphatic heterocycles. The van der Waals surface area contributed by atoms with Gasteiger partial charge in [0.25, 0.3) is 0 Å². The standard InChI is InChI=1S/C13H10.C9H8N2/c1-4-10-6-2-8-12-9-3-7-11(5-1)13(10)12;1-3-8-7-10-5-2-4-9(8)11-6-1/h1-8H,9H2;1-7,11H. The zero-order chi connectivity index (χ0) is 16.2. The second-order valence-electron chi connectivity index (χ2n) is 5.79. The van der Waals surface area contributed by atoms with Crippen LogP contribution in [0.1, 0.15) is 11.1 Å². The highest BCUT2D eigenvalue weighted by Crippen LogP contribution is 2.27. The van der Waals surface area contributed by atoms with Gasteiger partial charge in [0.1, 0.15) is 0 Å². The normalized spacial score (nSPS) is 16.3. The van der Waals surface area contributed by atoms with Gasteiger partial charge < -0.3 is 5.32 Å². The van der Waals surface area contributed by atoms with Crippen molar-refractivity contribution in [2.24, 2.45) is 4.99 Å². The number of rotatable bonds is 0. The Morgan fingerprint density at radius 1 is 0.958 bits per heavy atom. The zero-order valence-corrected chi connectivity index (χ0v) is 13.3. The van der Waals surface area contributed by atoms with E-state index in [-0.39, 0.29) is 0 Å². The highest BCUT2D eigenvalue weighted by molar-refractivity contribution is 5.94. The summed E-state index contributed by atoms with van der Waals surface area (Å²) in [5.74, 6) is 0. The number of nitrogens with one attached hydrogen (secondary N) is 1. The third-order valence-corrected chi connectivity index (χ3v) is 4.23. The molecule has 2 aromatic carbocycles. The van der Waals surface area contributed by atoms with E-state index in [1.807, 2.05) is 36.7 Å². The maximum absolute atomic E-state index is 4.06. The van der Waals surface area contributed by atoms with Crippen molar-refractivity contribution < 1.29 is 0 Å². The lowest BCUT2D eigenvalue weighted by molar-refractivity contribution is 1.08. The molecule has 3 aliphatic rings. The van der Waals surface area contributed by atoms with Gasteiger partial charge in [0.15, 0.2) is 0 Å². The summed E-state index contributed by atoms with van der Waals surface area (Å²) in [6, 6.07) is 13.0. The summed E-state index contributed by atoms with van der Waals surface area (Å²) in [6.45, 7) is 0. The first-order valence-corrected chi connectivity index (χ1v) is 8.13. The molecule has 0 fully saturated rings. The molecular formula is C22H18N2. The van der Waals surface area contributed by atoms with Crippen LogP contribution in [-0.2, 0) is 6.42 Å². The largest absolute Gasteiger partial charge is 0.361 e. The topological polar surface area (TPSA) is 24.4 Å². The van der Waals surface area contributed by atoms with Gasteiger partial charge in [0.05, 0.1) is 0 Å². The Morgan fingerprint density at radius 2 is 1.88 bits per heavy atom. The van der Waals surface area contributed by atoms with Crippen molar-refractivity contribution in [3.63, 3.8) is 0 Å². The molecule has 5 rings (SSSR count). The van der Waals surface area contributed by atoms with E-state index < -0.39 is 0 Å². The smallest absolute Gasteiger partial charge is 0.0469 e. The van der Waals surface area contributed by atoms with Crippen molar-refractivity contribution in [2.45, 2.75) is 6.42 Å². The van der Waals surface area contributed by atoms with Gasteiger partial charge in [-0.3, -0.25) is 4.99 Å². The van der Waals surface area contributed by atoms with Crippen LogP contribution in [0.4, 0.5) is 0 Å². The molecule has 2 heterocycles. The fourth-order valence-corrected chi connectivity index (χ4v) is 3.10. The average Bonchev–Trinajstić information content (AvgIpc) is 2.89. The molecule has 0 atom stereocenters. The molecule has 0 bridgehead atoms. The molecule has 0 amide bonds. The Kier molecular flexibility index (Phi) is 3.95. The van der Waals surface area contributed by atoms with Crippen molar-refractivity contribution in [3.05, 3.63) is 102 Å². The summed E-state index contributed by atoms with van der Waals surface area (Å²) in [4.78, 5) is 4.06. The molecule has 1 N–H and O–H groups in total. The summed E-state index contributed by atoms with van der Waals surface area (Å²) in [6.07, 6.45) is 19.0. The highest BCUT2D eigenvalue weighted by atomic mass is 14.9. The van der Waals surface area contributed by atoms with E-state index in [4.69, 9.17) is 0 Å². The van der Waals surface area contributed by atoms with Gasteiger partial charge in [-0.15, -0.1) is 0 Å². The van der Waals surface area contributed by atoms with Crippen molar-refractivity contribution >= 4 is 23.1 Å². The lowest BCUT2D eigenvalue weighted by Gasteiger charge is -2.11. The molecule has 2 nitrogen and oxygen atoms in total. The number of hydrogen-bond acceptors (Lipinski definition) is 2. The molecule has 0 saturated carbocycles. The molecule has 2 aromatic rings. The van der Waals surface area contributed by atoms with Crippen LogP contribution in [0.3, 0.4) is 0 Å².